The molecule has 0 aliphatic heterocycles. The first-order chi connectivity index (χ1) is 16.0. The minimum absolute atomic E-state index is 0.00938. The minimum Gasteiger partial charge on any atom is -0.744 e. The van der Waals surface area contributed by atoms with Crippen LogP contribution in [0.2, 0.25) is 0 Å². The van der Waals surface area contributed by atoms with Gasteiger partial charge in [0.25, 0.3) is 0 Å². The van der Waals surface area contributed by atoms with Crippen molar-refractivity contribution in [2.24, 2.45) is 0 Å². The molecule has 3 aromatic carbocycles. The Bertz CT molecular complexity index is 1430. The molecule has 0 radical (unpaired) electrons. The fourth-order valence-electron chi connectivity index (χ4n) is 2.77. The summed E-state index contributed by atoms with van der Waals surface area (Å²) in [6.45, 7) is 1.63. The third-order valence-electron chi connectivity index (χ3n) is 4.19. The molecular formula is C23H12I3O7S-. The molecule has 0 unspecified atom stereocenters. The first-order valence-electron chi connectivity index (χ1n) is 9.21. The Kier molecular flexibility index (Phi) is 8.95. The number of hydrogen-bond donors (Lipinski definition) is 0. The largest absolute Gasteiger partial charge is 0.744 e. The van der Waals surface area contributed by atoms with Crippen LogP contribution in [0.5, 0.6) is 11.5 Å². The predicted octanol–water partition coefficient (Wildman–Crippen LogP) is 5.21. The zero-order valence-electron chi connectivity index (χ0n) is 17.1. The molecule has 7 nitrogen and oxygen atoms in total. The molecule has 0 atom stereocenters. The molecule has 0 aliphatic carbocycles. The van der Waals surface area contributed by atoms with Gasteiger partial charge in [0, 0.05) is 16.3 Å². The zero-order valence-corrected chi connectivity index (χ0v) is 24.4. The van der Waals surface area contributed by atoms with Crippen LogP contribution >= 0.6 is 67.8 Å². The SMILES string of the molecule is CC#Cc1ccc(C(=O)Oc2ccc(I)cc2)c(C(=O)Oc2cc(I)c(S(=O)(=O)[O-])c(I)c2)c1. The number of carbonyl (C=O) groups excluding carboxylic acids is 2. The van der Waals surface area contributed by atoms with Gasteiger partial charge in [-0.1, -0.05) is 5.92 Å². The van der Waals surface area contributed by atoms with Crippen LogP contribution in [0.1, 0.15) is 33.2 Å². The summed E-state index contributed by atoms with van der Waals surface area (Å²) in [7, 11) is -4.71. The highest BCUT2D eigenvalue weighted by Gasteiger charge is 2.22. The Morgan fingerprint density at radius 1 is 0.824 bits per heavy atom. The molecule has 3 aromatic rings. The Hall–Kier alpha value is -1.74. The van der Waals surface area contributed by atoms with E-state index in [1.165, 1.54) is 24.3 Å². The lowest BCUT2D eigenvalue weighted by molar-refractivity contribution is 0.0692. The lowest BCUT2D eigenvalue weighted by atomic mass is 10.0. The normalized spacial score (nSPS) is 10.7. The van der Waals surface area contributed by atoms with Crippen LogP contribution in [0.15, 0.2) is 59.5 Å². The van der Waals surface area contributed by atoms with E-state index in [1.54, 1.807) is 82.4 Å². The van der Waals surface area contributed by atoms with Gasteiger partial charge in [0.1, 0.15) is 21.6 Å². The Labute approximate surface area is 236 Å². The molecule has 174 valence electrons. The average molecular weight is 813 g/mol. The highest BCUT2D eigenvalue weighted by molar-refractivity contribution is 14.1. The van der Waals surface area contributed by atoms with Crippen molar-refractivity contribution in [1.29, 1.82) is 0 Å². The van der Waals surface area contributed by atoms with Crippen molar-refractivity contribution in [1.82, 2.24) is 0 Å². The molecule has 3 rings (SSSR count). The molecule has 0 spiro atoms. The van der Waals surface area contributed by atoms with Gasteiger partial charge in [-0.05, 0) is 129 Å². The number of rotatable bonds is 5. The smallest absolute Gasteiger partial charge is 0.344 e. The molecular weight excluding hydrogens is 801 g/mol. The number of carbonyl (C=O) groups is 2. The second-order valence-corrected chi connectivity index (χ2v) is 11.4. The van der Waals surface area contributed by atoms with Crippen molar-refractivity contribution in [2.45, 2.75) is 11.8 Å². The van der Waals surface area contributed by atoms with Gasteiger partial charge in [0.05, 0.1) is 16.0 Å². The monoisotopic (exact) mass is 813 g/mol. The second-order valence-electron chi connectivity index (χ2n) is 6.54. The van der Waals surface area contributed by atoms with Crippen LogP contribution < -0.4 is 9.47 Å². The van der Waals surface area contributed by atoms with Gasteiger partial charge in [-0.15, -0.1) is 5.92 Å². The fraction of sp³-hybridized carbons (Fsp3) is 0.0435. The maximum Gasteiger partial charge on any atom is 0.344 e. The lowest BCUT2D eigenvalue weighted by Crippen LogP contribution is -2.18. The maximum absolute atomic E-state index is 13.0. The van der Waals surface area contributed by atoms with E-state index in [0.717, 1.165) is 3.57 Å². The van der Waals surface area contributed by atoms with Crippen LogP contribution in [0.25, 0.3) is 0 Å². The molecule has 0 fully saturated rings. The molecule has 0 aromatic heterocycles. The molecule has 0 amide bonds. The molecule has 34 heavy (non-hydrogen) atoms. The number of benzene rings is 3. The zero-order chi connectivity index (χ0) is 25.0. The Morgan fingerprint density at radius 3 is 1.94 bits per heavy atom. The molecule has 0 aliphatic rings. The van der Waals surface area contributed by atoms with Gasteiger partial charge >= 0.3 is 11.9 Å². The quantitative estimate of drug-likeness (QED) is 0.114. The van der Waals surface area contributed by atoms with E-state index in [2.05, 4.69) is 34.4 Å². The van der Waals surface area contributed by atoms with Crippen molar-refractivity contribution in [3.8, 4) is 23.3 Å². The van der Waals surface area contributed by atoms with E-state index >= 15 is 0 Å². The first-order valence-corrected chi connectivity index (χ1v) is 13.9. The number of halogens is 3. The van der Waals surface area contributed by atoms with Gasteiger partial charge < -0.3 is 14.0 Å². The summed E-state index contributed by atoms with van der Waals surface area (Å²) in [4.78, 5) is 25.5. The summed E-state index contributed by atoms with van der Waals surface area (Å²) in [5, 5.41) is 0. The van der Waals surface area contributed by atoms with Crippen molar-refractivity contribution < 1.29 is 32.0 Å². The summed E-state index contributed by atoms with van der Waals surface area (Å²) in [6.07, 6.45) is 0. The van der Waals surface area contributed by atoms with E-state index in [1.807, 2.05) is 0 Å². The summed E-state index contributed by atoms with van der Waals surface area (Å²) in [5.74, 6) is 4.21. The first kappa shape index (κ1) is 26.9. The third kappa shape index (κ3) is 6.68. The van der Waals surface area contributed by atoms with E-state index in [4.69, 9.17) is 9.47 Å². The highest BCUT2D eigenvalue weighted by Crippen LogP contribution is 2.30. The lowest BCUT2D eigenvalue weighted by Gasteiger charge is -2.14. The van der Waals surface area contributed by atoms with Crippen LogP contribution in [0.4, 0.5) is 0 Å². The van der Waals surface area contributed by atoms with Crippen LogP contribution in [-0.2, 0) is 10.1 Å². The van der Waals surface area contributed by atoms with Crippen LogP contribution in [0.3, 0.4) is 0 Å². The Balaban J connectivity index is 1.97. The fourth-order valence-corrected chi connectivity index (χ4v) is 7.06. The van der Waals surface area contributed by atoms with Crippen molar-refractivity contribution in [3.05, 3.63) is 82.0 Å². The van der Waals surface area contributed by atoms with Crippen molar-refractivity contribution in [2.75, 3.05) is 0 Å². The summed E-state index contributed by atoms with van der Waals surface area (Å²) in [5.41, 5.74) is 0.367. The van der Waals surface area contributed by atoms with E-state index in [0.29, 0.717) is 11.3 Å². The van der Waals surface area contributed by atoms with Gasteiger partial charge in [0.15, 0.2) is 0 Å². The summed E-state index contributed by atoms with van der Waals surface area (Å²) < 4.78 is 46.4. The highest BCUT2D eigenvalue weighted by atomic mass is 127. The average Bonchev–Trinajstić information content (AvgIpc) is 2.74. The maximum atomic E-state index is 13.0. The van der Waals surface area contributed by atoms with E-state index in [9.17, 15) is 22.6 Å². The molecule has 0 heterocycles. The van der Waals surface area contributed by atoms with Gasteiger partial charge in [-0.25, -0.2) is 18.0 Å². The second kappa shape index (κ2) is 11.3. The number of ether oxygens (including phenoxy) is 2. The van der Waals surface area contributed by atoms with Gasteiger partial charge in [0.2, 0.25) is 0 Å². The van der Waals surface area contributed by atoms with Gasteiger partial charge in [-0.3, -0.25) is 0 Å². The molecule has 0 saturated heterocycles. The minimum atomic E-state index is -4.71. The van der Waals surface area contributed by atoms with Crippen LogP contribution in [-0.4, -0.2) is 24.9 Å². The summed E-state index contributed by atoms with van der Waals surface area (Å²) in [6, 6.07) is 13.7. The summed E-state index contributed by atoms with van der Waals surface area (Å²) >= 11 is 5.48. The van der Waals surface area contributed by atoms with Gasteiger partial charge in [-0.2, -0.15) is 0 Å². The predicted molar refractivity (Wildman–Crippen MR) is 148 cm³/mol. The third-order valence-corrected chi connectivity index (χ3v) is 8.28. The number of esters is 2. The van der Waals surface area contributed by atoms with Crippen molar-refractivity contribution in [3.63, 3.8) is 0 Å². The molecule has 0 bridgehead atoms. The van der Waals surface area contributed by atoms with Crippen molar-refractivity contribution >= 4 is 89.8 Å². The standard InChI is InChI=1S/C23H13I3O7S/c1-2-3-13-4-9-17(22(27)32-15-7-5-14(24)6-8-15)18(10-13)23(28)33-16-11-19(25)21(20(26)12-16)34(29,30)31/h4-12H,1H3,(H,29,30,31)/p-1. The topological polar surface area (TPSA) is 110 Å². The molecule has 0 N–H and O–H groups in total. The van der Waals surface area contributed by atoms with Crippen LogP contribution in [0, 0.1) is 22.6 Å². The molecule has 0 saturated carbocycles. The Morgan fingerprint density at radius 2 is 1.38 bits per heavy atom. The van der Waals surface area contributed by atoms with E-state index in [-0.39, 0.29) is 24.0 Å². The van der Waals surface area contributed by atoms with E-state index < -0.39 is 27.0 Å². The number of hydrogen-bond acceptors (Lipinski definition) is 7. The molecule has 11 heteroatoms.